The fourth-order valence-corrected chi connectivity index (χ4v) is 12.4. The number of aromatic nitrogens is 2. The fraction of sp³-hybridized carbons (Fsp3) is 0.323. The summed E-state index contributed by atoms with van der Waals surface area (Å²) < 4.78 is 83.0. The molecule has 0 spiro atoms. The molecule has 2 saturated carbocycles. The summed E-state index contributed by atoms with van der Waals surface area (Å²) in [6.07, 6.45) is 1.48. The van der Waals surface area contributed by atoms with Crippen molar-refractivity contribution in [1.82, 2.24) is 19.8 Å². The Morgan fingerprint density at radius 1 is 0.628 bits per heavy atom. The van der Waals surface area contributed by atoms with Gasteiger partial charge in [-0.2, -0.15) is 26.3 Å². The van der Waals surface area contributed by atoms with Crippen LogP contribution >= 0.6 is 22.7 Å². The lowest BCUT2D eigenvalue weighted by Crippen LogP contribution is -2.64. The standard InChI is InChI=1S/2C26H21F3N2O3S.C7H15N3O2.C6H14N4O2/c2*1-15-21(23(32)30-25(11-12-25)18-8-4-17(5-9-18)24(33)34)22-20(35-15)10-13-31(22)14-16-2-6-19(7-3-16)26(27,28)29;8-5(7(11)12)3-1-2-4-6(9)10;7-4(5(11)12)2-1-3-10-6(8)9/h2*2-10,13H,11-12,14H2,1H3,(H,30,32)(H,33,34);5H,1-4,8H2,(H3,9,10)(H,11,12);4H,1-3,7H2,(H,11,12)(H4,8,9,10)/t;;5-;4-/m..00/s1. The van der Waals surface area contributed by atoms with Crippen molar-refractivity contribution in [2.45, 2.75) is 127 Å². The molecule has 17 N–H and O–H groups in total. The van der Waals surface area contributed by atoms with E-state index in [1.54, 1.807) is 24.3 Å². The molecular formula is C65H71F6N11O10S2. The predicted molar refractivity (Wildman–Crippen MR) is 341 cm³/mol. The van der Waals surface area contributed by atoms with Gasteiger partial charge in [-0.05, 0) is 142 Å². The van der Waals surface area contributed by atoms with Gasteiger partial charge in [0.05, 0.1) is 71.1 Å². The van der Waals surface area contributed by atoms with E-state index < -0.39 is 70.5 Å². The number of guanidine groups is 1. The summed E-state index contributed by atoms with van der Waals surface area (Å²) in [6, 6.07) is 25.4. The number of carboxylic acids is 4. The number of nitrogens with one attached hydrogen (secondary N) is 3. The average molecular weight is 1340 g/mol. The van der Waals surface area contributed by atoms with E-state index in [1.807, 2.05) is 47.5 Å². The molecule has 500 valence electrons. The number of nitrogens with zero attached hydrogens (tertiary/aromatic N) is 3. The summed E-state index contributed by atoms with van der Waals surface area (Å²) in [6.45, 7) is 4.83. The van der Waals surface area contributed by atoms with Crippen molar-refractivity contribution in [2.24, 2.45) is 27.9 Å². The van der Waals surface area contributed by atoms with Gasteiger partial charge in [-0.1, -0.05) is 60.7 Å². The quantitative estimate of drug-likeness (QED) is 0.0123. The minimum absolute atomic E-state index is 0.0129. The second-order valence-electron chi connectivity index (χ2n) is 22.8. The minimum Gasteiger partial charge on any atom is -0.545 e. The largest absolute Gasteiger partial charge is 0.545 e. The molecule has 4 heterocycles. The van der Waals surface area contributed by atoms with E-state index in [-0.39, 0.29) is 34.7 Å². The molecule has 0 unspecified atom stereocenters. The number of hydrogen-bond donors (Lipinski definition) is 11. The van der Waals surface area contributed by atoms with Gasteiger partial charge >= 0.3 is 30.3 Å². The van der Waals surface area contributed by atoms with Gasteiger partial charge in [-0.15, -0.1) is 22.7 Å². The summed E-state index contributed by atoms with van der Waals surface area (Å²) in [4.78, 5) is 75.0. The van der Waals surface area contributed by atoms with Crippen LogP contribution in [-0.4, -0.2) is 90.6 Å². The van der Waals surface area contributed by atoms with Gasteiger partial charge in [0.15, 0.2) is 12.0 Å². The Hall–Kier alpha value is -9.58. The molecule has 10 rings (SSSR count). The van der Waals surface area contributed by atoms with Gasteiger partial charge in [0, 0.05) is 54.6 Å². The van der Waals surface area contributed by atoms with E-state index in [0.29, 0.717) is 67.6 Å². The molecule has 0 aliphatic heterocycles. The van der Waals surface area contributed by atoms with Crippen molar-refractivity contribution in [3.05, 3.63) is 187 Å². The second-order valence-corrected chi connectivity index (χ2v) is 25.3. The van der Waals surface area contributed by atoms with Crippen molar-refractivity contribution in [3.63, 3.8) is 0 Å². The molecular weight excluding hydrogens is 1270 g/mol. The number of amides is 2. The zero-order valence-electron chi connectivity index (χ0n) is 51.0. The SMILES string of the molecule is Cc1sc2ccn(Cc3ccc(C(F)(F)F)cc3)c2c1C(=O)NC1(c2ccc(C(=O)O)cc2)CC1.Cc1sc2ccn(Cc3ccc(C(F)(F)F)cc3)c2c1C(=O)NC1(c2ccc(C(=O)[O-])cc2)CC1.N=C(N)CCCC[C@H]([NH3+])C(=O)O.NC(N)=NCCC[C@H](N)C(=O)O. The Morgan fingerprint density at radius 3 is 1.38 bits per heavy atom. The van der Waals surface area contributed by atoms with Crippen LogP contribution in [0.25, 0.3) is 20.4 Å². The van der Waals surface area contributed by atoms with Gasteiger partial charge in [-0.3, -0.25) is 24.8 Å². The Morgan fingerprint density at radius 2 is 1.04 bits per heavy atom. The average Bonchev–Trinajstić information content (AvgIpc) is 1.60. The molecule has 4 aromatic heterocycles. The molecule has 29 heteroatoms. The summed E-state index contributed by atoms with van der Waals surface area (Å²) in [7, 11) is 0. The second kappa shape index (κ2) is 30.4. The number of amidine groups is 1. The summed E-state index contributed by atoms with van der Waals surface area (Å²) >= 11 is 2.99. The Bertz CT molecular complexity index is 3830. The van der Waals surface area contributed by atoms with Crippen molar-refractivity contribution in [1.29, 1.82) is 5.41 Å². The lowest BCUT2D eigenvalue weighted by atomic mass is 10.0. The van der Waals surface area contributed by atoms with E-state index >= 15 is 0 Å². The van der Waals surface area contributed by atoms with Crippen LogP contribution in [0.15, 0.2) is 127 Å². The number of aliphatic imine (C=N–C) groups is 1. The zero-order valence-corrected chi connectivity index (χ0v) is 52.7. The highest BCUT2D eigenvalue weighted by Crippen LogP contribution is 2.48. The molecule has 0 bridgehead atoms. The number of rotatable bonds is 23. The summed E-state index contributed by atoms with van der Waals surface area (Å²) in [5.41, 5.74) is 27.4. The first-order valence-corrected chi connectivity index (χ1v) is 31.1. The van der Waals surface area contributed by atoms with E-state index in [9.17, 15) is 60.2 Å². The number of carbonyl (C=O) groups excluding carboxylic acids is 3. The molecule has 2 aliphatic carbocycles. The van der Waals surface area contributed by atoms with Crippen LogP contribution in [0.3, 0.4) is 0 Å². The zero-order chi connectivity index (χ0) is 69.0. The molecule has 2 aliphatic rings. The number of thiophene rings is 2. The maximum absolute atomic E-state index is 13.5. The number of fused-ring (bicyclic) bond motifs is 2. The molecule has 2 atom stereocenters. The number of aryl methyl sites for hydroxylation is 2. The topological polar surface area (TPSA) is 388 Å². The Labute approximate surface area is 542 Å². The Balaban J connectivity index is 0.000000199. The first-order chi connectivity index (χ1) is 44.2. The molecule has 21 nitrogen and oxygen atoms in total. The molecule has 0 saturated heterocycles. The van der Waals surface area contributed by atoms with Gasteiger partial charge < -0.3 is 73.7 Å². The number of carbonyl (C=O) groups is 6. The number of carboxylic acid groups (broad SMARTS) is 4. The van der Waals surface area contributed by atoms with Crippen LogP contribution in [0.2, 0.25) is 0 Å². The van der Waals surface area contributed by atoms with Gasteiger partial charge in [-0.25, -0.2) is 9.59 Å². The third-order valence-electron chi connectivity index (χ3n) is 15.7. The number of halogens is 6. The van der Waals surface area contributed by atoms with Gasteiger partial charge in [0.25, 0.3) is 11.8 Å². The van der Waals surface area contributed by atoms with E-state index in [4.69, 9.17) is 43.7 Å². The van der Waals surface area contributed by atoms with Crippen LogP contribution < -0.4 is 44.4 Å². The molecule has 0 radical (unpaired) electrons. The van der Waals surface area contributed by atoms with E-state index in [0.717, 1.165) is 104 Å². The van der Waals surface area contributed by atoms with Gasteiger partial charge in [0.1, 0.15) is 6.04 Å². The first-order valence-electron chi connectivity index (χ1n) is 29.4. The molecule has 2 fully saturated rings. The summed E-state index contributed by atoms with van der Waals surface area (Å²) in [5, 5.41) is 50.2. The highest BCUT2D eigenvalue weighted by molar-refractivity contribution is 7.19. The van der Waals surface area contributed by atoms with E-state index in [2.05, 4.69) is 21.4 Å². The predicted octanol–water partition coefficient (Wildman–Crippen LogP) is 8.69. The number of unbranched alkanes of at least 4 members (excludes halogenated alkanes) is 1. The lowest BCUT2D eigenvalue weighted by Gasteiger charge is -2.19. The monoisotopic (exact) mass is 1340 g/mol. The lowest BCUT2D eigenvalue weighted by molar-refractivity contribution is -0.409. The van der Waals surface area contributed by atoms with Crippen LogP contribution in [-0.2, 0) is 46.1 Å². The normalized spacial score (nSPS) is 14.1. The van der Waals surface area contributed by atoms with Gasteiger partial charge in [0.2, 0.25) is 0 Å². The van der Waals surface area contributed by atoms with Crippen LogP contribution in [0, 0.1) is 19.3 Å². The number of alkyl halides is 6. The third kappa shape index (κ3) is 18.8. The number of aliphatic carboxylic acids is 2. The maximum atomic E-state index is 13.5. The highest BCUT2D eigenvalue weighted by Gasteiger charge is 2.47. The molecule has 4 aromatic carbocycles. The number of nitrogens with two attached hydrogens (primary N) is 4. The maximum Gasteiger partial charge on any atom is 0.416 e. The van der Waals surface area contributed by atoms with Crippen molar-refractivity contribution in [2.75, 3.05) is 6.54 Å². The van der Waals surface area contributed by atoms with Crippen LogP contribution in [0.4, 0.5) is 26.3 Å². The highest BCUT2D eigenvalue weighted by atomic mass is 32.1. The summed E-state index contributed by atoms with van der Waals surface area (Å²) in [5.74, 6) is -4.41. The first kappa shape index (κ1) is 71.9. The van der Waals surface area contributed by atoms with Crippen molar-refractivity contribution < 1.29 is 81.3 Å². The smallest absolute Gasteiger partial charge is 0.416 e. The van der Waals surface area contributed by atoms with Crippen LogP contribution in [0.5, 0.6) is 0 Å². The number of benzene rings is 4. The minimum atomic E-state index is -4.39. The van der Waals surface area contributed by atoms with Crippen molar-refractivity contribution in [3.8, 4) is 0 Å². The van der Waals surface area contributed by atoms with Crippen LogP contribution in [0.1, 0.15) is 149 Å². The third-order valence-corrected chi connectivity index (χ3v) is 17.8. The van der Waals surface area contributed by atoms with E-state index in [1.165, 1.54) is 71.2 Å². The van der Waals surface area contributed by atoms with Crippen molar-refractivity contribution >= 4 is 90.6 Å². The molecule has 94 heavy (non-hydrogen) atoms. The fourth-order valence-electron chi connectivity index (χ4n) is 10.3. The molecule has 2 amide bonds. The molecule has 8 aromatic rings. The Kier molecular flexibility index (Phi) is 23.3. The number of aromatic carboxylic acids is 2. The number of quaternary nitrogens is 1. The number of hydrogen-bond acceptors (Lipinski definition) is 12.